The molecule has 1 rings (SSSR count). The third-order valence-electron chi connectivity index (χ3n) is 1.85. The Morgan fingerprint density at radius 3 is 2.86 bits per heavy atom. The number of nitrogens with one attached hydrogen (secondary N) is 1. The van der Waals surface area contributed by atoms with Gasteiger partial charge in [0.15, 0.2) is 0 Å². The van der Waals surface area contributed by atoms with E-state index in [1.54, 1.807) is 6.07 Å². The lowest BCUT2D eigenvalue weighted by atomic mass is 10.1. The highest BCUT2D eigenvalue weighted by Crippen LogP contribution is 2.11. The second-order valence-corrected chi connectivity index (χ2v) is 2.87. The number of hydrogen-bond acceptors (Lipinski definition) is 4. The highest BCUT2D eigenvalue weighted by molar-refractivity contribution is 5.70. The molecule has 0 aromatic carbocycles. The summed E-state index contributed by atoms with van der Waals surface area (Å²) >= 11 is 0. The van der Waals surface area contributed by atoms with Gasteiger partial charge >= 0.3 is 5.97 Å². The average Bonchev–Trinajstić information content (AvgIpc) is 2.18. The first-order valence-corrected chi connectivity index (χ1v) is 4.14. The summed E-state index contributed by atoms with van der Waals surface area (Å²) in [5.74, 6) is -0.372. The number of nitrogens with two attached hydrogens (primary N) is 1. The molecule has 14 heavy (non-hydrogen) atoms. The smallest absolute Gasteiger partial charge is 0.307 e. The maximum atomic E-state index is 10.9. The van der Waals surface area contributed by atoms with E-state index in [0.717, 1.165) is 0 Å². The molecule has 1 aromatic heterocycles. The molecule has 76 valence electrons. The third-order valence-corrected chi connectivity index (χ3v) is 1.85. The van der Waals surface area contributed by atoms with Gasteiger partial charge in [0.25, 0.3) is 0 Å². The zero-order valence-electron chi connectivity index (χ0n) is 7.82. The molecule has 3 N–H and O–H groups in total. The fraction of sp³-hybridized carbons (Fsp3) is 0.333. The van der Waals surface area contributed by atoms with E-state index >= 15 is 0 Å². The molecule has 0 radical (unpaired) electrons. The predicted molar refractivity (Wildman–Crippen MR) is 50.6 cm³/mol. The van der Waals surface area contributed by atoms with Crippen molar-refractivity contribution in [3.05, 3.63) is 34.2 Å². The fourth-order valence-electron chi connectivity index (χ4n) is 1.03. The molecule has 1 atom stereocenters. The fourth-order valence-corrected chi connectivity index (χ4v) is 1.03. The maximum Gasteiger partial charge on any atom is 0.307 e. The summed E-state index contributed by atoms with van der Waals surface area (Å²) in [6.07, 6.45) is 1.60. The molecule has 0 spiro atoms. The number of carbonyl (C=O) groups excluding carboxylic acids is 1. The topological polar surface area (TPSA) is 85.2 Å². The lowest BCUT2D eigenvalue weighted by Crippen LogP contribution is -2.17. The van der Waals surface area contributed by atoms with Crippen molar-refractivity contribution in [1.82, 2.24) is 4.98 Å². The van der Waals surface area contributed by atoms with Gasteiger partial charge in [-0.2, -0.15) is 0 Å². The number of aromatic amines is 1. The second kappa shape index (κ2) is 4.57. The standard InChI is InChI=1S/C9H12N2O3/c1-14-9(13)4-7(10)6-2-3-8(12)11-5-6/h2-3,5,7H,4,10H2,1H3,(H,11,12). The molecule has 5 nitrogen and oxygen atoms in total. The molecule has 0 aliphatic heterocycles. The quantitative estimate of drug-likeness (QED) is 0.663. The Hall–Kier alpha value is -1.62. The van der Waals surface area contributed by atoms with E-state index in [-0.39, 0.29) is 17.9 Å². The number of ether oxygens (including phenoxy) is 1. The Balaban J connectivity index is 2.69. The van der Waals surface area contributed by atoms with Gasteiger partial charge in [0, 0.05) is 18.3 Å². The van der Waals surface area contributed by atoms with Gasteiger partial charge in [-0.3, -0.25) is 9.59 Å². The SMILES string of the molecule is COC(=O)CC(N)c1ccc(=O)[nH]c1. The van der Waals surface area contributed by atoms with Crippen molar-refractivity contribution < 1.29 is 9.53 Å². The molecule has 0 bridgehead atoms. The van der Waals surface area contributed by atoms with E-state index < -0.39 is 6.04 Å². The molecular weight excluding hydrogens is 184 g/mol. The molecule has 1 aromatic rings. The van der Waals surface area contributed by atoms with Crippen molar-refractivity contribution in [2.24, 2.45) is 5.73 Å². The lowest BCUT2D eigenvalue weighted by molar-refractivity contribution is -0.141. The number of esters is 1. The number of methoxy groups -OCH3 is 1. The Bertz CT molecular complexity index is 352. The van der Waals surface area contributed by atoms with Gasteiger partial charge in [0.2, 0.25) is 5.56 Å². The monoisotopic (exact) mass is 196 g/mol. The van der Waals surface area contributed by atoms with Crippen LogP contribution in [0.5, 0.6) is 0 Å². The van der Waals surface area contributed by atoms with Crippen LogP contribution in [0, 0.1) is 0 Å². The first-order valence-electron chi connectivity index (χ1n) is 4.14. The van der Waals surface area contributed by atoms with Crippen molar-refractivity contribution in [2.45, 2.75) is 12.5 Å². The van der Waals surface area contributed by atoms with Crippen LogP contribution < -0.4 is 11.3 Å². The van der Waals surface area contributed by atoms with E-state index in [9.17, 15) is 9.59 Å². The minimum atomic E-state index is -0.445. The molecule has 1 unspecified atom stereocenters. The summed E-state index contributed by atoms with van der Waals surface area (Å²) in [5.41, 5.74) is 6.21. The van der Waals surface area contributed by atoms with Gasteiger partial charge in [-0.25, -0.2) is 0 Å². The highest BCUT2D eigenvalue weighted by atomic mass is 16.5. The van der Waals surface area contributed by atoms with Crippen molar-refractivity contribution in [3.63, 3.8) is 0 Å². The number of H-pyrrole nitrogens is 1. The first-order chi connectivity index (χ1) is 6.63. The van der Waals surface area contributed by atoms with Crippen LogP contribution in [0.1, 0.15) is 18.0 Å². The normalized spacial score (nSPS) is 12.1. The largest absolute Gasteiger partial charge is 0.469 e. The van der Waals surface area contributed by atoms with E-state index in [4.69, 9.17) is 5.73 Å². The molecule has 0 aliphatic carbocycles. The first kappa shape index (κ1) is 10.5. The molecular formula is C9H12N2O3. The number of pyridine rings is 1. The van der Waals surface area contributed by atoms with Crippen LogP contribution in [0.3, 0.4) is 0 Å². The van der Waals surface area contributed by atoms with Gasteiger partial charge in [-0.05, 0) is 5.56 Å². The summed E-state index contributed by atoms with van der Waals surface area (Å²) in [6.45, 7) is 0. The molecule has 5 heteroatoms. The summed E-state index contributed by atoms with van der Waals surface area (Å²) < 4.78 is 4.48. The van der Waals surface area contributed by atoms with Crippen LogP contribution in [0.4, 0.5) is 0 Å². The zero-order valence-corrected chi connectivity index (χ0v) is 7.82. The number of carbonyl (C=O) groups is 1. The Kier molecular flexibility index (Phi) is 3.41. The second-order valence-electron chi connectivity index (χ2n) is 2.87. The van der Waals surface area contributed by atoms with Crippen molar-refractivity contribution >= 4 is 5.97 Å². The Morgan fingerprint density at radius 1 is 1.64 bits per heavy atom. The molecule has 0 saturated carbocycles. The maximum absolute atomic E-state index is 10.9. The van der Waals surface area contributed by atoms with E-state index in [1.165, 1.54) is 19.4 Å². The van der Waals surface area contributed by atoms with Gasteiger partial charge in [0.05, 0.1) is 13.5 Å². The minimum Gasteiger partial charge on any atom is -0.469 e. The van der Waals surface area contributed by atoms with E-state index in [1.807, 2.05) is 0 Å². The van der Waals surface area contributed by atoms with Gasteiger partial charge < -0.3 is 15.5 Å². The van der Waals surface area contributed by atoms with Crippen LogP contribution in [-0.4, -0.2) is 18.1 Å². The minimum absolute atomic E-state index is 0.0997. The van der Waals surface area contributed by atoms with Crippen LogP contribution in [0.2, 0.25) is 0 Å². The number of aromatic nitrogens is 1. The predicted octanol–water partition coefficient (Wildman–Crippen LogP) is -0.0622. The summed E-state index contributed by atoms with van der Waals surface area (Å²) in [5, 5.41) is 0. The Morgan fingerprint density at radius 2 is 2.36 bits per heavy atom. The van der Waals surface area contributed by atoms with Crippen LogP contribution in [-0.2, 0) is 9.53 Å². The average molecular weight is 196 g/mol. The third kappa shape index (κ3) is 2.70. The van der Waals surface area contributed by atoms with Crippen molar-refractivity contribution in [1.29, 1.82) is 0 Å². The van der Waals surface area contributed by atoms with Gasteiger partial charge in [-0.1, -0.05) is 6.07 Å². The molecule has 0 amide bonds. The number of hydrogen-bond donors (Lipinski definition) is 2. The lowest BCUT2D eigenvalue weighted by Gasteiger charge is -2.09. The highest BCUT2D eigenvalue weighted by Gasteiger charge is 2.11. The number of rotatable bonds is 3. The molecule has 0 aliphatic rings. The summed E-state index contributed by atoms with van der Waals surface area (Å²) in [4.78, 5) is 24.1. The van der Waals surface area contributed by atoms with Crippen molar-refractivity contribution in [3.8, 4) is 0 Å². The molecule has 0 fully saturated rings. The molecule has 0 saturated heterocycles. The summed E-state index contributed by atoms with van der Waals surface area (Å²) in [7, 11) is 1.31. The van der Waals surface area contributed by atoms with Gasteiger partial charge in [0.1, 0.15) is 0 Å². The zero-order chi connectivity index (χ0) is 10.6. The summed E-state index contributed by atoms with van der Waals surface area (Å²) in [6, 6.07) is 2.51. The van der Waals surface area contributed by atoms with E-state index in [2.05, 4.69) is 9.72 Å². The van der Waals surface area contributed by atoms with Crippen LogP contribution in [0.25, 0.3) is 0 Å². The van der Waals surface area contributed by atoms with E-state index in [0.29, 0.717) is 5.56 Å². The van der Waals surface area contributed by atoms with Crippen LogP contribution in [0.15, 0.2) is 23.1 Å². The van der Waals surface area contributed by atoms with Gasteiger partial charge in [-0.15, -0.1) is 0 Å². The molecule has 1 heterocycles. The van der Waals surface area contributed by atoms with Crippen molar-refractivity contribution in [2.75, 3.05) is 7.11 Å². The Labute approximate surface area is 80.9 Å². The van der Waals surface area contributed by atoms with Crippen LogP contribution >= 0.6 is 0 Å².